The molecule has 2 aromatic rings. The van der Waals surface area contributed by atoms with Crippen LogP contribution in [0.2, 0.25) is 0 Å². The number of amides is 1. The van der Waals surface area contributed by atoms with E-state index in [2.05, 4.69) is 10.5 Å². The first kappa shape index (κ1) is 21.6. The minimum Gasteiger partial charge on any atom is -0.462 e. The molecule has 0 saturated heterocycles. The summed E-state index contributed by atoms with van der Waals surface area (Å²) in [6.07, 6.45) is 0.715. The third-order valence-electron chi connectivity index (χ3n) is 3.83. The predicted molar refractivity (Wildman–Crippen MR) is 104 cm³/mol. The van der Waals surface area contributed by atoms with Crippen LogP contribution >= 0.6 is 11.3 Å². The zero-order chi connectivity index (χ0) is 20.8. The Kier molecular flexibility index (Phi) is 7.33. The van der Waals surface area contributed by atoms with Crippen molar-refractivity contribution in [1.29, 1.82) is 0 Å². The molecule has 9 heteroatoms. The smallest absolute Gasteiger partial charge is 0.344 e. The Morgan fingerprint density at radius 2 is 1.93 bits per heavy atom. The molecule has 0 bridgehead atoms. The number of nitrogens with one attached hydrogen (secondary N) is 1. The number of rotatable bonds is 8. The van der Waals surface area contributed by atoms with Crippen LogP contribution in [-0.4, -0.2) is 36.2 Å². The van der Waals surface area contributed by atoms with Crippen molar-refractivity contribution in [3.05, 3.63) is 33.5 Å². The average molecular weight is 408 g/mol. The number of aryl methyl sites for hydroxylation is 2. The minimum atomic E-state index is -0.677. The second kappa shape index (κ2) is 9.50. The van der Waals surface area contributed by atoms with Crippen molar-refractivity contribution < 1.29 is 28.4 Å². The maximum Gasteiger partial charge on any atom is 0.344 e. The Bertz CT molecular complexity index is 868. The number of hydrogen-bond donors (Lipinski definition) is 1. The van der Waals surface area contributed by atoms with E-state index in [4.69, 9.17) is 14.0 Å². The predicted octanol–water partition coefficient (Wildman–Crippen LogP) is 3.70. The molecule has 2 aromatic heterocycles. The van der Waals surface area contributed by atoms with E-state index in [1.165, 1.54) is 11.3 Å². The van der Waals surface area contributed by atoms with Gasteiger partial charge in [-0.3, -0.25) is 4.79 Å². The molecule has 1 amide bonds. The number of aromatic nitrogens is 1. The van der Waals surface area contributed by atoms with E-state index in [9.17, 15) is 14.4 Å². The number of esters is 2. The fraction of sp³-hybridized carbons (Fsp3) is 0.474. The number of hydrogen-bond acceptors (Lipinski definition) is 8. The highest BCUT2D eigenvalue weighted by molar-refractivity contribution is 7.16. The standard InChI is InChI=1S/C19H24N2O6S/c1-6-12-8-13(18(23)25-7-2)17(28-12)20-14(22)9-26-19(24)15-11(5)21-27-16(15)10(3)4/h8,10H,6-7,9H2,1-5H3,(H,20,22). The van der Waals surface area contributed by atoms with Crippen molar-refractivity contribution in [1.82, 2.24) is 5.16 Å². The highest BCUT2D eigenvalue weighted by atomic mass is 32.1. The van der Waals surface area contributed by atoms with E-state index in [1.54, 1.807) is 19.9 Å². The van der Waals surface area contributed by atoms with Crippen molar-refractivity contribution in [3.8, 4) is 0 Å². The summed E-state index contributed by atoms with van der Waals surface area (Å²) >= 11 is 1.28. The number of anilines is 1. The van der Waals surface area contributed by atoms with Crippen LogP contribution in [0, 0.1) is 6.92 Å². The molecule has 2 rings (SSSR count). The van der Waals surface area contributed by atoms with Gasteiger partial charge in [-0.15, -0.1) is 11.3 Å². The Hall–Kier alpha value is -2.68. The summed E-state index contributed by atoms with van der Waals surface area (Å²) in [7, 11) is 0. The van der Waals surface area contributed by atoms with Crippen LogP contribution in [-0.2, 0) is 20.7 Å². The van der Waals surface area contributed by atoms with Gasteiger partial charge in [0.15, 0.2) is 12.4 Å². The third kappa shape index (κ3) is 4.98. The second-order valence-corrected chi connectivity index (χ2v) is 7.45. The van der Waals surface area contributed by atoms with Crippen molar-refractivity contribution in [2.75, 3.05) is 18.5 Å². The summed E-state index contributed by atoms with van der Waals surface area (Å²) in [6, 6.07) is 1.69. The first-order valence-electron chi connectivity index (χ1n) is 9.01. The maximum absolute atomic E-state index is 12.3. The Morgan fingerprint density at radius 3 is 2.54 bits per heavy atom. The van der Waals surface area contributed by atoms with Gasteiger partial charge in [-0.05, 0) is 26.3 Å². The van der Waals surface area contributed by atoms with Gasteiger partial charge in [-0.25, -0.2) is 9.59 Å². The zero-order valence-electron chi connectivity index (χ0n) is 16.6. The van der Waals surface area contributed by atoms with Gasteiger partial charge in [-0.2, -0.15) is 0 Å². The van der Waals surface area contributed by atoms with E-state index in [0.29, 0.717) is 28.4 Å². The number of ether oxygens (including phenoxy) is 2. The molecular weight excluding hydrogens is 384 g/mol. The molecule has 0 atom stereocenters. The molecule has 0 saturated carbocycles. The molecule has 0 aromatic carbocycles. The lowest BCUT2D eigenvalue weighted by Crippen LogP contribution is -2.22. The monoisotopic (exact) mass is 408 g/mol. The van der Waals surface area contributed by atoms with Crippen LogP contribution in [0.4, 0.5) is 5.00 Å². The average Bonchev–Trinajstić information content (AvgIpc) is 3.23. The van der Waals surface area contributed by atoms with Gasteiger partial charge < -0.3 is 19.3 Å². The van der Waals surface area contributed by atoms with Gasteiger partial charge in [0.2, 0.25) is 0 Å². The summed E-state index contributed by atoms with van der Waals surface area (Å²) in [5, 5.41) is 6.78. The van der Waals surface area contributed by atoms with Crippen molar-refractivity contribution in [2.45, 2.75) is 47.0 Å². The Morgan fingerprint density at radius 1 is 1.21 bits per heavy atom. The zero-order valence-corrected chi connectivity index (χ0v) is 17.4. The van der Waals surface area contributed by atoms with Gasteiger partial charge in [0, 0.05) is 10.8 Å². The summed E-state index contributed by atoms with van der Waals surface area (Å²) in [5.74, 6) is -1.37. The lowest BCUT2D eigenvalue weighted by molar-refractivity contribution is -0.119. The van der Waals surface area contributed by atoms with E-state index >= 15 is 0 Å². The maximum atomic E-state index is 12.3. The Labute approximate surface area is 167 Å². The molecular formula is C19H24N2O6S. The summed E-state index contributed by atoms with van der Waals surface area (Å²) in [6.45, 7) is 8.75. The summed E-state index contributed by atoms with van der Waals surface area (Å²) in [5.41, 5.74) is 0.935. The van der Waals surface area contributed by atoms with Crippen molar-refractivity contribution in [2.24, 2.45) is 0 Å². The molecule has 0 aliphatic rings. The summed E-state index contributed by atoms with van der Waals surface area (Å²) < 4.78 is 15.3. The van der Waals surface area contributed by atoms with Crippen LogP contribution in [0.3, 0.4) is 0 Å². The molecule has 28 heavy (non-hydrogen) atoms. The molecule has 0 radical (unpaired) electrons. The lowest BCUT2D eigenvalue weighted by atomic mass is 10.1. The van der Waals surface area contributed by atoms with E-state index < -0.39 is 24.5 Å². The molecule has 0 spiro atoms. The van der Waals surface area contributed by atoms with Crippen LogP contribution in [0.25, 0.3) is 0 Å². The quantitative estimate of drug-likeness (QED) is 0.664. The topological polar surface area (TPSA) is 108 Å². The van der Waals surface area contributed by atoms with Gasteiger partial charge >= 0.3 is 11.9 Å². The fourth-order valence-electron chi connectivity index (χ4n) is 2.47. The van der Waals surface area contributed by atoms with E-state index in [-0.39, 0.29) is 18.1 Å². The SMILES string of the molecule is CCOC(=O)c1cc(CC)sc1NC(=O)COC(=O)c1c(C)noc1C(C)C. The first-order chi connectivity index (χ1) is 13.3. The molecule has 8 nitrogen and oxygen atoms in total. The Balaban J connectivity index is 2.05. The van der Waals surface area contributed by atoms with Gasteiger partial charge in [-0.1, -0.05) is 25.9 Å². The molecule has 0 fully saturated rings. The summed E-state index contributed by atoms with van der Waals surface area (Å²) in [4.78, 5) is 37.6. The minimum absolute atomic E-state index is 0.0525. The molecule has 152 valence electrons. The molecule has 0 aliphatic heterocycles. The van der Waals surface area contributed by atoms with Gasteiger partial charge in [0.05, 0.1) is 17.9 Å². The normalized spacial score (nSPS) is 10.8. The second-order valence-electron chi connectivity index (χ2n) is 6.32. The first-order valence-corrected chi connectivity index (χ1v) is 9.83. The number of carbonyl (C=O) groups excluding carboxylic acids is 3. The van der Waals surface area contributed by atoms with Gasteiger partial charge in [0.1, 0.15) is 10.6 Å². The fourth-order valence-corrected chi connectivity index (χ4v) is 3.47. The van der Waals surface area contributed by atoms with Crippen LogP contribution < -0.4 is 5.32 Å². The molecule has 2 heterocycles. The highest BCUT2D eigenvalue weighted by Crippen LogP contribution is 2.29. The van der Waals surface area contributed by atoms with Crippen LogP contribution in [0.5, 0.6) is 0 Å². The third-order valence-corrected chi connectivity index (χ3v) is 5.03. The molecule has 0 unspecified atom stereocenters. The largest absolute Gasteiger partial charge is 0.462 e. The molecule has 1 N–H and O–H groups in total. The number of thiophene rings is 1. The highest BCUT2D eigenvalue weighted by Gasteiger charge is 2.25. The van der Waals surface area contributed by atoms with Crippen LogP contribution in [0.1, 0.15) is 70.7 Å². The van der Waals surface area contributed by atoms with Crippen molar-refractivity contribution in [3.63, 3.8) is 0 Å². The lowest BCUT2D eigenvalue weighted by Gasteiger charge is -2.08. The van der Waals surface area contributed by atoms with Crippen LogP contribution in [0.15, 0.2) is 10.6 Å². The number of carbonyl (C=O) groups is 3. The van der Waals surface area contributed by atoms with Crippen molar-refractivity contribution >= 4 is 34.2 Å². The van der Waals surface area contributed by atoms with E-state index in [0.717, 1.165) is 4.88 Å². The van der Waals surface area contributed by atoms with E-state index in [1.807, 2.05) is 20.8 Å². The van der Waals surface area contributed by atoms with Gasteiger partial charge in [0.25, 0.3) is 5.91 Å². The number of nitrogens with zero attached hydrogens (tertiary/aromatic N) is 1. The molecule has 0 aliphatic carbocycles.